The number of unbranched alkanes of at least 4 members (excludes halogenated alkanes) is 3. The molecule has 0 aromatic rings. The second kappa shape index (κ2) is 11.7. The van der Waals surface area contributed by atoms with Gasteiger partial charge in [-0.15, -0.1) is 0 Å². The minimum Gasteiger partial charge on any atom is -0.393 e. The molecule has 90 valence electrons. The molecule has 0 heterocycles. The zero-order chi connectivity index (χ0) is 11.4. The van der Waals surface area contributed by atoms with Crippen LogP contribution < -0.4 is 0 Å². The summed E-state index contributed by atoms with van der Waals surface area (Å²) in [6.45, 7) is 4.85. The molecule has 0 amide bonds. The number of hydrogen-bond donors (Lipinski definition) is 1. The third kappa shape index (κ3) is 13.6. The highest BCUT2D eigenvalue weighted by molar-refractivity contribution is 4.80. The van der Waals surface area contributed by atoms with Gasteiger partial charge in [0.1, 0.15) is 6.61 Å². The van der Waals surface area contributed by atoms with Crippen LogP contribution in [0.1, 0.15) is 46.0 Å². The summed E-state index contributed by atoms with van der Waals surface area (Å²) in [5.41, 5.74) is 0. The molecule has 0 aliphatic carbocycles. The van der Waals surface area contributed by atoms with Crippen LogP contribution in [-0.4, -0.2) is 24.4 Å². The molecule has 0 unspecified atom stereocenters. The number of aliphatic hydroxyl groups is 1. The lowest BCUT2D eigenvalue weighted by Crippen LogP contribution is -1.97. The summed E-state index contributed by atoms with van der Waals surface area (Å²) in [7, 11) is 0. The van der Waals surface area contributed by atoms with E-state index in [0.717, 1.165) is 19.3 Å². The van der Waals surface area contributed by atoms with E-state index in [9.17, 15) is 0 Å². The first-order chi connectivity index (χ1) is 7.27. The van der Waals surface area contributed by atoms with Crippen molar-refractivity contribution in [1.82, 2.24) is 0 Å². The van der Waals surface area contributed by atoms with E-state index in [1.54, 1.807) is 0 Å². The van der Waals surface area contributed by atoms with Crippen molar-refractivity contribution in [3.8, 4) is 0 Å². The molecule has 0 saturated heterocycles. The van der Waals surface area contributed by atoms with Crippen molar-refractivity contribution in [3.63, 3.8) is 0 Å². The Morgan fingerprint density at radius 2 is 1.93 bits per heavy atom. The number of allylic oxidation sites excluding steroid dienone is 1. The minimum absolute atomic E-state index is 0.153. The van der Waals surface area contributed by atoms with Crippen molar-refractivity contribution < 1.29 is 14.9 Å². The van der Waals surface area contributed by atoms with E-state index in [-0.39, 0.29) is 6.10 Å². The Morgan fingerprint density at radius 1 is 1.13 bits per heavy atom. The van der Waals surface area contributed by atoms with Crippen molar-refractivity contribution in [2.24, 2.45) is 0 Å². The van der Waals surface area contributed by atoms with Gasteiger partial charge in [0.15, 0.2) is 0 Å². The molecule has 0 rings (SSSR count). The monoisotopic (exact) mass is 216 g/mol. The third-order valence-electron chi connectivity index (χ3n) is 2.02. The lowest BCUT2D eigenvalue weighted by Gasteiger charge is -2.02. The molecule has 0 bridgehead atoms. The SMILES string of the molecule is CCOOC/C=C/CCCCC[C@H](C)O. The Bertz CT molecular complexity index is 144. The van der Waals surface area contributed by atoms with E-state index in [1.807, 2.05) is 19.9 Å². The largest absolute Gasteiger partial charge is 0.393 e. The van der Waals surface area contributed by atoms with Crippen LogP contribution in [0.2, 0.25) is 0 Å². The summed E-state index contributed by atoms with van der Waals surface area (Å²) in [6.07, 6.45) is 9.40. The smallest absolute Gasteiger partial charge is 0.100 e. The fourth-order valence-electron chi connectivity index (χ4n) is 1.24. The molecule has 0 aromatic heterocycles. The molecule has 15 heavy (non-hydrogen) atoms. The van der Waals surface area contributed by atoms with Crippen LogP contribution in [0.15, 0.2) is 12.2 Å². The third-order valence-corrected chi connectivity index (χ3v) is 2.02. The molecule has 3 heteroatoms. The first-order valence-electron chi connectivity index (χ1n) is 5.84. The highest BCUT2D eigenvalue weighted by atomic mass is 17.2. The van der Waals surface area contributed by atoms with Crippen LogP contribution in [0.5, 0.6) is 0 Å². The van der Waals surface area contributed by atoms with Gasteiger partial charge in [0.2, 0.25) is 0 Å². The molecular formula is C12H24O3. The zero-order valence-electron chi connectivity index (χ0n) is 9.95. The minimum atomic E-state index is -0.153. The standard InChI is InChI=1S/C12H24O3/c1-3-14-15-11-9-7-5-4-6-8-10-12(2)13/h7,9,12-13H,3-6,8,10-11H2,1-2H3/b9-7+/t12-/m0/s1. The van der Waals surface area contributed by atoms with Gasteiger partial charge >= 0.3 is 0 Å². The van der Waals surface area contributed by atoms with E-state index >= 15 is 0 Å². The molecule has 0 radical (unpaired) electrons. The second-order valence-corrected chi connectivity index (χ2v) is 3.65. The van der Waals surface area contributed by atoms with Gasteiger partial charge < -0.3 is 5.11 Å². The maximum absolute atomic E-state index is 9.03. The van der Waals surface area contributed by atoms with Crippen LogP contribution in [0.25, 0.3) is 0 Å². The molecule has 0 saturated carbocycles. The van der Waals surface area contributed by atoms with Crippen molar-refractivity contribution in [2.75, 3.05) is 13.2 Å². The molecule has 0 aliphatic heterocycles. The fraction of sp³-hybridized carbons (Fsp3) is 0.833. The van der Waals surface area contributed by atoms with E-state index in [2.05, 4.69) is 6.08 Å². The summed E-state index contributed by atoms with van der Waals surface area (Å²) < 4.78 is 0. The van der Waals surface area contributed by atoms with Crippen LogP contribution in [0.3, 0.4) is 0 Å². The van der Waals surface area contributed by atoms with E-state index in [0.29, 0.717) is 13.2 Å². The summed E-state index contributed by atoms with van der Waals surface area (Å²) in [5, 5.41) is 9.03. The molecule has 1 N–H and O–H groups in total. The van der Waals surface area contributed by atoms with Crippen molar-refractivity contribution in [2.45, 2.75) is 52.1 Å². The van der Waals surface area contributed by atoms with Crippen molar-refractivity contribution in [1.29, 1.82) is 0 Å². The highest BCUT2D eigenvalue weighted by Crippen LogP contribution is 2.05. The first-order valence-corrected chi connectivity index (χ1v) is 5.84. The quantitative estimate of drug-likeness (QED) is 0.264. The van der Waals surface area contributed by atoms with E-state index < -0.39 is 0 Å². The van der Waals surface area contributed by atoms with Gasteiger partial charge in [-0.1, -0.05) is 25.0 Å². The summed E-state index contributed by atoms with van der Waals surface area (Å²) in [5.74, 6) is 0. The summed E-state index contributed by atoms with van der Waals surface area (Å²) in [4.78, 5) is 9.55. The average molecular weight is 216 g/mol. The van der Waals surface area contributed by atoms with Crippen LogP contribution in [0.4, 0.5) is 0 Å². The second-order valence-electron chi connectivity index (χ2n) is 3.65. The van der Waals surface area contributed by atoms with Gasteiger partial charge in [-0.05, 0) is 33.1 Å². The first kappa shape index (κ1) is 14.6. The number of aliphatic hydroxyl groups excluding tert-OH is 1. The lowest BCUT2D eigenvalue weighted by molar-refractivity contribution is -0.282. The Hall–Kier alpha value is -0.380. The number of rotatable bonds is 10. The lowest BCUT2D eigenvalue weighted by atomic mass is 10.1. The Kier molecular flexibility index (Phi) is 11.4. The molecule has 0 aromatic carbocycles. The molecule has 0 spiro atoms. The zero-order valence-corrected chi connectivity index (χ0v) is 9.95. The maximum Gasteiger partial charge on any atom is 0.100 e. The molecular weight excluding hydrogens is 192 g/mol. The Balaban J connectivity index is 3.03. The van der Waals surface area contributed by atoms with Crippen molar-refractivity contribution >= 4 is 0 Å². The van der Waals surface area contributed by atoms with Crippen LogP contribution in [0, 0.1) is 0 Å². The van der Waals surface area contributed by atoms with Gasteiger partial charge in [0.05, 0.1) is 12.7 Å². The van der Waals surface area contributed by atoms with Crippen LogP contribution >= 0.6 is 0 Å². The van der Waals surface area contributed by atoms with Gasteiger partial charge in [0.25, 0.3) is 0 Å². The van der Waals surface area contributed by atoms with E-state index in [4.69, 9.17) is 14.9 Å². The summed E-state index contributed by atoms with van der Waals surface area (Å²) >= 11 is 0. The van der Waals surface area contributed by atoms with Gasteiger partial charge in [0, 0.05) is 0 Å². The molecule has 0 aliphatic rings. The Morgan fingerprint density at radius 3 is 2.60 bits per heavy atom. The topological polar surface area (TPSA) is 38.7 Å². The maximum atomic E-state index is 9.03. The van der Waals surface area contributed by atoms with Gasteiger partial charge in [-0.25, -0.2) is 9.78 Å². The Labute approximate surface area is 93.0 Å². The molecule has 1 atom stereocenters. The van der Waals surface area contributed by atoms with E-state index in [1.165, 1.54) is 12.8 Å². The highest BCUT2D eigenvalue weighted by Gasteiger charge is 1.94. The van der Waals surface area contributed by atoms with Crippen LogP contribution in [-0.2, 0) is 9.78 Å². The van der Waals surface area contributed by atoms with Gasteiger partial charge in [-0.2, -0.15) is 0 Å². The molecule has 0 fully saturated rings. The average Bonchev–Trinajstić information content (AvgIpc) is 2.20. The van der Waals surface area contributed by atoms with Gasteiger partial charge in [-0.3, -0.25) is 0 Å². The summed E-state index contributed by atoms with van der Waals surface area (Å²) in [6, 6.07) is 0. The normalized spacial score (nSPS) is 13.5. The number of hydrogen-bond acceptors (Lipinski definition) is 3. The fourth-order valence-corrected chi connectivity index (χ4v) is 1.24. The predicted molar refractivity (Wildman–Crippen MR) is 61.5 cm³/mol. The predicted octanol–water partition coefficient (Wildman–Crippen LogP) is 2.84. The van der Waals surface area contributed by atoms with Crippen molar-refractivity contribution in [3.05, 3.63) is 12.2 Å². The molecule has 3 nitrogen and oxygen atoms in total.